The molecule has 2 N–H and O–H groups in total. The highest BCUT2D eigenvalue weighted by Crippen LogP contribution is 2.23. The molecule has 3 rings (SSSR count). The summed E-state index contributed by atoms with van der Waals surface area (Å²) in [7, 11) is 0. The van der Waals surface area contributed by atoms with Crippen molar-refractivity contribution < 1.29 is 0 Å². The number of fused-ring (bicyclic) bond motifs is 1. The molecule has 0 spiro atoms. The van der Waals surface area contributed by atoms with Crippen LogP contribution < -0.4 is 10.6 Å². The van der Waals surface area contributed by atoms with E-state index >= 15 is 0 Å². The van der Waals surface area contributed by atoms with Gasteiger partial charge in [0.25, 0.3) is 0 Å². The number of nitrogen functional groups attached to an aromatic ring is 1. The van der Waals surface area contributed by atoms with Gasteiger partial charge in [-0.05, 0) is 37.6 Å². The van der Waals surface area contributed by atoms with Gasteiger partial charge in [-0.25, -0.2) is 9.50 Å². The van der Waals surface area contributed by atoms with Gasteiger partial charge in [0.2, 0.25) is 0 Å². The largest absolute Gasteiger partial charge is 0.399 e. The molecular weight excluding hydrogens is 262 g/mol. The molecule has 0 amide bonds. The summed E-state index contributed by atoms with van der Waals surface area (Å²) in [6, 6.07) is 10.3. The summed E-state index contributed by atoms with van der Waals surface area (Å²) in [5.41, 5.74) is 8.84. The van der Waals surface area contributed by atoms with Crippen LogP contribution in [0.5, 0.6) is 0 Å². The average Bonchev–Trinajstić information content (AvgIpc) is 2.93. The van der Waals surface area contributed by atoms with Gasteiger partial charge in [-0.1, -0.05) is 12.1 Å². The molecule has 108 valence electrons. The fourth-order valence-electron chi connectivity index (χ4n) is 2.45. The molecule has 0 aliphatic rings. The zero-order valence-electron chi connectivity index (χ0n) is 12.3. The Kier molecular flexibility index (Phi) is 3.48. The van der Waals surface area contributed by atoms with E-state index in [-0.39, 0.29) is 0 Å². The summed E-state index contributed by atoms with van der Waals surface area (Å²) in [5.74, 6) is 0.937. The molecular formula is C16H19N5. The Bertz CT molecular complexity index is 747. The molecule has 0 unspecified atom stereocenters. The van der Waals surface area contributed by atoms with Crippen molar-refractivity contribution >= 4 is 17.0 Å². The van der Waals surface area contributed by atoms with Crippen LogP contribution >= 0.6 is 0 Å². The van der Waals surface area contributed by atoms with Gasteiger partial charge in [0, 0.05) is 30.7 Å². The van der Waals surface area contributed by atoms with Gasteiger partial charge in [-0.2, -0.15) is 5.10 Å². The Labute approximate surface area is 124 Å². The molecule has 0 radical (unpaired) electrons. The van der Waals surface area contributed by atoms with E-state index in [1.165, 1.54) is 5.56 Å². The van der Waals surface area contributed by atoms with Crippen LogP contribution in [0, 0.1) is 0 Å². The van der Waals surface area contributed by atoms with E-state index in [2.05, 4.69) is 34.9 Å². The Balaban J connectivity index is 2.00. The highest BCUT2D eigenvalue weighted by atomic mass is 15.3. The van der Waals surface area contributed by atoms with Gasteiger partial charge in [0.15, 0.2) is 5.82 Å². The Hall–Kier alpha value is -2.56. The van der Waals surface area contributed by atoms with E-state index in [0.29, 0.717) is 6.04 Å². The van der Waals surface area contributed by atoms with Crippen molar-refractivity contribution in [1.29, 1.82) is 0 Å². The SMILES string of the molecule is CC(C)N(Cc1cccc(N)c1)c1nccn2nccc12. The van der Waals surface area contributed by atoms with Gasteiger partial charge < -0.3 is 10.6 Å². The summed E-state index contributed by atoms with van der Waals surface area (Å²) in [6.45, 7) is 5.09. The predicted molar refractivity (Wildman–Crippen MR) is 85.2 cm³/mol. The first kappa shape index (κ1) is 13.4. The second-order valence-electron chi connectivity index (χ2n) is 5.38. The Morgan fingerprint density at radius 1 is 1.24 bits per heavy atom. The molecule has 0 bridgehead atoms. The Morgan fingerprint density at radius 3 is 2.86 bits per heavy atom. The zero-order valence-corrected chi connectivity index (χ0v) is 12.3. The second kappa shape index (κ2) is 5.44. The summed E-state index contributed by atoms with van der Waals surface area (Å²) >= 11 is 0. The standard InChI is InChI=1S/C16H19N5/c1-12(2)20(11-13-4-3-5-14(17)10-13)16-15-6-7-19-21(15)9-8-18-16/h3-10,12H,11,17H2,1-2H3. The third-order valence-corrected chi connectivity index (χ3v) is 3.50. The third kappa shape index (κ3) is 2.67. The van der Waals surface area contributed by atoms with E-state index in [4.69, 9.17) is 5.73 Å². The van der Waals surface area contributed by atoms with Crippen molar-refractivity contribution in [3.8, 4) is 0 Å². The maximum Gasteiger partial charge on any atom is 0.155 e. The lowest BCUT2D eigenvalue weighted by molar-refractivity contribution is 0.672. The minimum Gasteiger partial charge on any atom is -0.399 e. The van der Waals surface area contributed by atoms with Crippen molar-refractivity contribution in [3.05, 3.63) is 54.5 Å². The number of rotatable bonds is 4. The van der Waals surface area contributed by atoms with Crippen LogP contribution in [0.2, 0.25) is 0 Å². The minimum atomic E-state index is 0.319. The lowest BCUT2D eigenvalue weighted by Crippen LogP contribution is -2.31. The molecule has 3 aromatic rings. The van der Waals surface area contributed by atoms with E-state index in [9.17, 15) is 0 Å². The monoisotopic (exact) mass is 281 g/mol. The molecule has 0 fully saturated rings. The van der Waals surface area contributed by atoms with Crippen LogP contribution in [0.4, 0.5) is 11.5 Å². The van der Waals surface area contributed by atoms with E-state index in [1.54, 1.807) is 12.4 Å². The lowest BCUT2D eigenvalue weighted by atomic mass is 10.1. The van der Waals surface area contributed by atoms with Gasteiger partial charge >= 0.3 is 0 Å². The van der Waals surface area contributed by atoms with Crippen molar-refractivity contribution in [3.63, 3.8) is 0 Å². The predicted octanol–water partition coefficient (Wildman–Crippen LogP) is 2.73. The van der Waals surface area contributed by atoms with E-state index < -0.39 is 0 Å². The van der Waals surface area contributed by atoms with E-state index in [1.807, 2.05) is 35.0 Å². The first-order valence-corrected chi connectivity index (χ1v) is 7.04. The van der Waals surface area contributed by atoms with Gasteiger partial charge in [0.05, 0.1) is 6.20 Å². The minimum absolute atomic E-state index is 0.319. The molecule has 0 saturated carbocycles. The molecule has 5 nitrogen and oxygen atoms in total. The number of aromatic nitrogens is 3. The normalized spacial score (nSPS) is 11.2. The molecule has 0 aliphatic heterocycles. The van der Waals surface area contributed by atoms with Crippen LogP contribution in [-0.4, -0.2) is 20.6 Å². The van der Waals surface area contributed by atoms with Gasteiger partial charge in [-0.15, -0.1) is 0 Å². The third-order valence-electron chi connectivity index (χ3n) is 3.50. The first-order valence-electron chi connectivity index (χ1n) is 7.04. The highest BCUT2D eigenvalue weighted by Gasteiger charge is 2.16. The van der Waals surface area contributed by atoms with Crippen LogP contribution in [-0.2, 0) is 6.54 Å². The maximum absolute atomic E-state index is 5.87. The number of hydrogen-bond acceptors (Lipinski definition) is 4. The maximum atomic E-state index is 5.87. The zero-order chi connectivity index (χ0) is 14.8. The molecule has 21 heavy (non-hydrogen) atoms. The topological polar surface area (TPSA) is 59.5 Å². The van der Waals surface area contributed by atoms with Crippen LogP contribution in [0.1, 0.15) is 19.4 Å². The molecule has 2 heterocycles. The highest BCUT2D eigenvalue weighted by molar-refractivity contribution is 5.68. The number of benzene rings is 1. The van der Waals surface area contributed by atoms with Crippen LogP contribution in [0.15, 0.2) is 48.9 Å². The van der Waals surface area contributed by atoms with Crippen molar-refractivity contribution in [2.75, 3.05) is 10.6 Å². The van der Waals surface area contributed by atoms with Crippen molar-refractivity contribution in [2.24, 2.45) is 0 Å². The fraction of sp³-hybridized carbons (Fsp3) is 0.250. The molecule has 0 aliphatic carbocycles. The number of hydrogen-bond donors (Lipinski definition) is 1. The molecule has 0 saturated heterocycles. The molecule has 5 heteroatoms. The summed E-state index contributed by atoms with van der Waals surface area (Å²) in [5, 5.41) is 4.27. The fourth-order valence-corrected chi connectivity index (χ4v) is 2.45. The Morgan fingerprint density at radius 2 is 2.10 bits per heavy atom. The average molecular weight is 281 g/mol. The lowest BCUT2D eigenvalue weighted by Gasteiger charge is -2.28. The van der Waals surface area contributed by atoms with Crippen LogP contribution in [0.3, 0.4) is 0 Å². The smallest absolute Gasteiger partial charge is 0.155 e. The van der Waals surface area contributed by atoms with E-state index in [0.717, 1.165) is 23.6 Å². The first-order chi connectivity index (χ1) is 10.1. The number of nitrogens with zero attached hydrogens (tertiary/aromatic N) is 4. The summed E-state index contributed by atoms with van der Waals surface area (Å²) < 4.78 is 1.84. The quantitative estimate of drug-likeness (QED) is 0.747. The molecule has 1 aromatic carbocycles. The number of nitrogens with two attached hydrogens (primary N) is 1. The van der Waals surface area contributed by atoms with Gasteiger partial charge in [-0.3, -0.25) is 0 Å². The summed E-state index contributed by atoms with van der Waals surface area (Å²) in [4.78, 5) is 6.81. The van der Waals surface area contributed by atoms with Crippen molar-refractivity contribution in [1.82, 2.24) is 14.6 Å². The molecule has 2 aromatic heterocycles. The van der Waals surface area contributed by atoms with Crippen molar-refractivity contribution in [2.45, 2.75) is 26.4 Å². The number of anilines is 2. The summed E-state index contributed by atoms with van der Waals surface area (Å²) in [6.07, 6.45) is 5.43. The van der Waals surface area contributed by atoms with Crippen LogP contribution in [0.25, 0.3) is 5.52 Å². The van der Waals surface area contributed by atoms with Gasteiger partial charge in [0.1, 0.15) is 5.52 Å². The molecule has 0 atom stereocenters. The second-order valence-corrected chi connectivity index (χ2v) is 5.38.